The van der Waals surface area contributed by atoms with Gasteiger partial charge in [0.2, 0.25) is 0 Å². The maximum Gasteiger partial charge on any atom is 0.170 e. The number of carbonyl (C=O) groups excluding carboxylic acids is 1. The summed E-state index contributed by atoms with van der Waals surface area (Å²) in [7, 11) is 3.88. The molecule has 1 heterocycles. The highest BCUT2D eigenvalue weighted by molar-refractivity contribution is 6.03. The van der Waals surface area contributed by atoms with Crippen LogP contribution in [0.15, 0.2) is 24.5 Å². The molecule has 0 atom stereocenters. The number of carbonyl (C=O) groups is 1. The normalized spacial score (nSPS) is 17.4. The maximum absolute atomic E-state index is 12.7. The van der Waals surface area contributed by atoms with Crippen molar-refractivity contribution in [3.63, 3.8) is 0 Å². The van der Waals surface area contributed by atoms with Gasteiger partial charge in [-0.2, -0.15) is 0 Å². The van der Waals surface area contributed by atoms with E-state index in [9.17, 15) is 4.79 Å². The van der Waals surface area contributed by atoms with Crippen LogP contribution in [0.1, 0.15) is 29.6 Å². The number of aryl methyl sites for hydroxylation is 1. The van der Waals surface area contributed by atoms with Crippen LogP contribution in [-0.2, 0) is 7.05 Å². The van der Waals surface area contributed by atoms with Crippen molar-refractivity contribution in [3.8, 4) is 0 Å². The first-order valence-electron chi connectivity index (χ1n) is 6.77. The van der Waals surface area contributed by atoms with Gasteiger partial charge in [0.05, 0.1) is 17.4 Å². The lowest BCUT2D eigenvalue weighted by Gasteiger charge is -2.40. The summed E-state index contributed by atoms with van der Waals surface area (Å²) >= 11 is 0. The van der Waals surface area contributed by atoms with E-state index in [1.54, 1.807) is 6.33 Å². The zero-order chi connectivity index (χ0) is 13.5. The summed E-state index contributed by atoms with van der Waals surface area (Å²) in [6, 6.07) is 5.84. The van der Waals surface area contributed by atoms with Crippen LogP contribution in [0.25, 0.3) is 11.0 Å². The summed E-state index contributed by atoms with van der Waals surface area (Å²) < 4.78 is 1.97. The summed E-state index contributed by atoms with van der Waals surface area (Å²) in [6.07, 6.45) is 4.92. The van der Waals surface area contributed by atoms with E-state index >= 15 is 0 Å². The first-order chi connectivity index (χ1) is 9.16. The zero-order valence-corrected chi connectivity index (χ0v) is 11.4. The largest absolute Gasteiger partial charge is 0.334 e. The molecule has 0 aliphatic heterocycles. The Morgan fingerprint density at radius 3 is 2.89 bits per heavy atom. The highest BCUT2D eigenvalue weighted by Gasteiger charge is 2.43. The summed E-state index contributed by atoms with van der Waals surface area (Å²) in [5.41, 5.74) is 2.57. The van der Waals surface area contributed by atoms with Gasteiger partial charge in [-0.15, -0.1) is 0 Å². The Hall–Kier alpha value is -1.68. The van der Waals surface area contributed by atoms with Crippen LogP contribution >= 0.6 is 0 Å². The molecule has 1 N–H and O–H groups in total. The summed E-state index contributed by atoms with van der Waals surface area (Å²) in [5, 5.41) is 3.16. The molecular formula is C15H19N3O. The molecule has 0 saturated heterocycles. The fourth-order valence-corrected chi connectivity index (χ4v) is 3.01. The van der Waals surface area contributed by atoms with Gasteiger partial charge in [-0.05, 0) is 38.1 Å². The van der Waals surface area contributed by atoms with E-state index in [0.29, 0.717) is 0 Å². The molecule has 0 bridgehead atoms. The van der Waals surface area contributed by atoms with Crippen molar-refractivity contribution in [3.05, 3.63) is 30.1 Å². The molecule has 4 heteroatoms. The van der Waals surface area contributed by atoms with Crippen molar-refractivity contribution in [2.45, 2.75) is 19.3 Å². The standard InChI is InChI=1S/C15H19N3O/c1-16-9-15(6-3-7-15)14(19)11-4-5-13-12(8-11)17-10-18(13)2/h4-5,8,10,16H,3,6-7,9H2,1-2H3. The lowest BCUT2D eigenvalue weighted by atomic mass is 9.64. The van der Waals surface area contributed by atoms with E-state index in [0.717, 1.165) is 42.4 Å². The van der Waals surface area contributed by atoms with Crippen LogP contribution in [-0.4, -0.2) is 28.9 Å². The number of ketones is 1. The van der Waals surface area contributed by atoms with Gasteiger partial charge in [-0.3, -0.25) is 4.79 Å². The average molecular weight is 257 g/mol. The quantitative estimate of drug-likeness (QED) is 0.854. The SMILES string of the molecule is CNCC1(C(=O)c2ccc3c(c2)ncn3C)CCC1. The highest BCUT2D eigenvalue weighted by atomic mass is 16.1. The van der Waals surface area contributed by atoms with Gasteiger partial charge in [0.1, 0.15) is 0 Å². The minimum atomic E-state index is -0.183. The maximum atomic E-state index is 12.7. The van der Waals surface area contributed by atoms with Crippen LogP contribution in [0, 0.1) is 5.41 Å². The Morgan fingerprint density at radius 2 is 2.26 bits per heavy atom. The minimum Gasteiger partial charge on any atom is -0.334 e. The monoisotopic (exact) mass is 257 g/mol. The van der Waals surface area contributed by atoms with Crippen molar-refractivity contribution >= 4 is 16.8 Å². The predicted molar refractivity (Wildman–Crippen MR) is 75.3 cm³/mol. The molecule has 1 fully saturated rings. The van der Waals surface area contributed by atoms with E-state index < -0.39 is 0 Å². The Kier molecular flexibility index (Phi) is 2.90. The van der Waals surface area contributed by atoms with Crippen molar-refractivity contribution in [2.75, 3.05) is 13.6 Å². The molecule has 4 nitrogen and oxygen atoms in total. The molecule has 100 valence electrons. The van der Waals surface area contributed by atoms with Gasteiger partial charge >= 0.3 is 0 Å². The Labute approximate surface area is 112 Å². The number of Topliss-reactive ketones (excluding diaryl/α,β-unsaturated/α-hetero) is 1. The number of hydrogen-bond donors (Lipinski definition) is 1. The van der Waals surface area contributed by atoms with E-state index in [-0.39, 0.29) is 11.2 Å². The lowest BCUT2D eigenvalue weighted by molar-refractivity contribution is 0.0614. The lowest BCUT2D eigenvalue weighted by Crippen LogP contribution is -2.45. The molecule has 1 saturated carbocycles. The fourth-order valence-electron chi connectivity index (χ4n) is 3.01. The third-order valence-electron chi connectivity index (χ3n) is 4.30. The smallest absolute Gasteiger partial charge is 0.170 e. The predicted octanol–water partition coefficient (Wildman–Crippen LogP) is 2.15. The topological polar surface area (TPSA) is 46.9 Å². The third-order valence-corrected chi connectivity index (χ3v) is 4.30. The first-order valence-corrected chi connectivity index (χ1v) is 6.77. The van der Waals surface area contributed by atoms with E-state index in [2.05, 4.69) is 10.3 Å². The second-order valence-corrected chi connectivity index (χ2v) is 5.55. The van der Waals surface area contributed by atoms with Gasteiger partial charge in [-0.25, -0.2) is 4.98 Å². The van der Waals surface area contributed by atoms with E-state index in [4.69, 9.17) is 0 Å². The number of aromatic nitrogens is 2. The summed E-state index contributed by atoms with van der Waals surface area (Å²) in [5.74, 6) is 0.264. The summed E-state index contributed by atoms with van der Waals surface area (Å²) in [4.78, 5) is 17.0. The van der Waals surface area contributed by atoms with Gasteiger partial charge in [0.25, 0.3) is 0 Å². The number of nitrogens with one attached hydrogen (secondary N) is 1. The molecule has 0 unspecified atom stereocenters. The van der Waals surface area contributed by atoms with Crippen LogP contribution in [0.3, 0.4) is 0 Å². The molecule has 3 rings (SSSR count). The molecule has 1 aromatic carbocycles. The minimum absolute atomic E-state index is 0.183. The molecular weight excluding hydrogens is 238 g/mol. The average Bonchev–Trinajstić information content (AvgIpc) is 2.74. The number of fused-ring (bicyclic) bond motifs is 1. The zero-order valence-electron chi connectivity index (χ0n) is 11.4. The Morgan fingerprint density at radius 1 is 1.47 bits per heavy atom. The van der Waals surface area contributed by atoms with Crippen LogP contribution < -0.4 is 5.32 Å². The molecule has 1 aliphatic rings. The number of imidazole rings is 1. The van der Waals surface area contributed by atoms with Crippen molar-refractivity contribution in [2.24, 2.45) is 12.5 Å². The van der Waals surface area contributed by atoms with Crippen molar-refractivity contribution in [1.82, 2.24) is 14.9 Å². The molecule has 1 aliphatic carbocycles. The Balaban J connectivity index is 1.97. The van der Waals surface area contributed by atoms with Gasteiger partial charge in [0, 0.05) is 24.6 Å². The number of nitrogens with zero attached hydrogens (tertiary/aromatic N) is 2. The fraction of sp³-hybridized carbons (Fsp3) is 0.467. The molecule has 1 aromatic heterocycles. The van der Waals surface area contributed by atoms with Crippen LogP contribution in [0.4, 0.5) is 0 Å². The molecule has 19 heavy (non-hydrogen) atoms. The first kappa shape index (κ1) is 12.4. The summed E-state index contributed by atoms with van der Waals surface area (Å²) in [6.45, 7) is 0.770. The second kappa shape index (κ2) is 4.46. The number of benzene rings is 1. The molecule has 0 spiro atoms. The molecule has 0 amide bonds. The van der Waals surface area contributed by atoms with E-state index in [1.165, 1.54) is 0 Å². The Bertz CT molecular complexity index is 625. The van der Waals surface area contributed by atoms with Crippen LogP contribution in [0.2, 0.25) is 0 Å². The number of rotatable bonds is 4. The molecule has 2 aromatic rings. The number of hydrogen-bond acceptors (Lipinski definition) is 3. The molecule has 0 radical (unpaired) electrons. The van der Waals surface area contributed by atoms with Crippen LogP contribution in [0.5, 0.6) is 0 Å². The second-order valence-electron chi connectivity index (χ2n) is 5.55. The van der Waals surface area contributed by atoms with Gasteiger partial charge < -0.3 is 9.88 Å². The van der Waals surface area contributed by atoms with Crippen molar-refractivity contribution < 1.29 is 4.79 Å². The van der Waals surface area contributed by atoms with Gasteiger partial charge in [0.15, 0.2) is 5.78 Å². The van der Waals surface area contributed by atoms with Gasteiger partial charge in [-0.1, -0.05) is 6.42 Å². The van der Waals surface area contributed by atoms with E-state index in [1.807, 2.05) is 36.9 Å². The highest BCUT2D eigenvalue weighted by Crippen LogP contribution is 2.43. The van der Waals surface area contributed by atoms with Crippen molar-refractivity contribution in [1.29, 1.82) is 0 Å². The third kappa shape index (κ3) is 1.87.